The molecule has 0 N–H and O–H groups in total. The molecule has 2 aliphatic rings. The van der Waals surface area contributed by atoms with E-state index in [0.29, 0.717) is 17.9 Å². The lowest BCUT2D eigenvalue weighted by atomic mass is 9.85. The molecule has 3 aromatic rings. The number of nitrogens with zero attached hydrogens (tertiary/aromatic N) is 2. The molecule has 0 bridgehead atoms. The molecule has 0 unspecified atom stereocenters. The molecule has 3 nitrogen and oxygen atoms in total. The van der Waals surface area contributed by atoms with Crippen molar-refractivity contribution in [2.45, 2.75) is 57.5 Å². The van der Waals surface area contributed by atoms with Crippen LogP contribution in [0.5, 0.6) is 0 Å². The molecule has 0 spiro atoms. The molecule has 1 amide bonds. The van der Waals surface area contributed by atoms with Crippen molar-refractivity contribution in [3.8, 4) is 0 Å². The molecule has 2 heterocycles. The van der Waals surface area contributed by atoms with E-state index in [1.165, 1.54) is 36.0 Å². The summed E-state index contributed by atoms with van der Waals surface area (Å²) >= 11 is 1.77. The first kappa shape index (κ1) is 23.3. The van der Waals surface area contributed by atoms with E-state index in [0.717, 1.165) is 44.6 Å². The summed E-state index contributed by atoms with van der Waals surface area (Å²) < 4.78 is 0. The number of likely N-dealkylation sites (tertiary alicyclic amines) is 1. The topological polar surface area (TPSA) is 23.6 Å². The van der Waals surface area contributed by atoms with Crippen LogP contribution in [0.3, 0.4) is 0 Å². The Balaban J connectivity index is 1.42. The normalized spacial score (nSPS) is 21.6. The summed E-state index contributed by atoms with van der Waals surface area (Å²) in [6.45, 7) is 6.18. The Morgan fingerprint density at radius 2 is 1.74 bits per heavy atom. The molecule has 1 saturated heterocycles. The Morgan fingerprint density at radius 1 is 0.971 bits per heavy atom. The van der Waals surface area contributed by atoms with Crippen LogP contribution in [0.1, 0.15) is 65.1 Å². The van der Waals surface area contributed by atoms with Crippen molar-refractivity contribution in [2.24, 2.45) is 5.92 Å². The first-order valence-electron chi connectivity index (χ1n) is 12.8. The molecule has 34 heavy (non-hydrogen) atoms. The third-order valence-corrected chi connectivity index (χ3v) is 8.55. The van der Waals surface area contributed by atoms with Gasteiger partial charge in [-0.2, -0.15) is 11.3 Å². The van der Waals surface area contributed by atoms with Gasteiger partial charge in [0, 0.05) is 43.7 Å². The van der Waals surface area contributed by atoms with E-state index >= 15 is 0 Å². The van der Waals surface area contributed by atoms with Gasteiger partial charge in [0.25, 0.3) is 5.91 Å². The first-order chi connectivity index (χ1) is 16.7. The van der Waals surface area contributed by atoms with Gasteiger partial charge in [0.15, 0.2) is 0 Å². The lowest BCUT2D eigenvalue weighted by molar-refractivity contribution is 0.0588. The minimum Gasteiger partial charge on any atom is -0.335 e. The Kier molecular flexibility index (Phi) is 7.46. The van der Waals surface area contributed by atoms with Crippen LogP contribution in [-0.4, -0.2) is 41.4 Å². The van der Waals surface area contributed by atoms with Gasteiger partial charge < -0.3 is 4.90 Å². The van der Waals surface area contributed by atoms with E-state index in [-0.39, 0.29) is 5.91 Å². The predicted octanol–water partition coefficient (Wildman–Crippen LogP) is 6.75. The van der Waals surface area contributed by atoms with Crippen LogP contribution < -0.4 is 0 Å². The number of rotatable bonds is 7. The summed E-state index contributed by atoms with van der Waals surface area (Å²) in [4.78, 5) is 18.7. The summed E-state index contributed by atoms with van der Waals surface area (Å²) in [6.07, 6.45) is 6.05. The highest BCUT2D eigenvalue weighted by molar-refractivity contribution is 7.07. The Bertz CT molecular complexity index is 1060. The fraction of sp³-hybridized carbons (Fsp3) is 0.433. The molecule has 4 heteroatoms. The number of hydrogen-bond acceptors (Lipinski definition) is 3. The summed E-state index contributed by atoms with van der Waals surface area (Å²) in [5.41, 5.74) is 5.05. The van der Waals surface area contributed by atoms with Crippen molar-refractivity contribution < 1.29 is 4.79 Å². The molecule has 5 rings (SSSR count). The van der Waals surface area contributed by atoms with Gasteiger partial charge in [-0.25, -0.2) is 0 Å². The van der Waals surface area contributed by atoms with Crippen molar-refractivity contribution in [3.05, 3.63) is 93.7 Å². The van der Waals surface area contributed by atoms with Gasteiger partial charge in [0.2, 0.25) is 0 Å². The molecular weight excluding hydrogens is 436 g/mol. The van der Waals surface area contributed by atoms with E-state index < -0.39 is 0 Å². The number of benzene rings is 2. The molecule has 0 radical (unpaired) electrons. The molecule has 2 atom stereocenters. The van der Waals surface area contributed by atoms with E-state index in [1.54, 1.807) is 11.3 Å². The van der Waals surface area contributed by atoms with Gasteiger partial charge in [-0.1, -0.05) is 61.7 Å². The number of thiophene rings is 1. The zero-order valence-electron chi connectivity index (χ0n) is 20.2. The van der Waals surface area contributed by atoms with Crippen molar-refractivity contribution in [3.63, 3.8) is 0 Å². The molecule has 1 saturated carbocycles. The van der Waals surface area contributed by atoms with Gasteiger partial charge in [0.1, 0.15) is 0 Å². The maximum Gasteiger partial charge on any atom is 0.254 e. The highest BCUT2D eigenvalue weighted by atomic mass is 32.1. The predicted molar refractivity (Wildman–Crippen MR) is 141 cm³/mol. The van der Waals surface area contributed by atoms with Crippen LogP contribution >= 0.6 is 11.3 Å². The van der Waals surface area contributed by atoms with E-state index in [9.17, 15) is 4.79 Å². The van der Waals surface area contributed by atoms with E-state index in [4.69, 9.17) is 0 Å². The fourth-order valence-electron chi connectivity index (χ4n) is 6.06. The summed E-state index contributed by atoms with van der Waals surface area (Å²) in [5.74, 6) is 1.11. The highest BCUT2D eigenvalue weighted by Crippen LogP contribution is 2.37. The quantitative estimate of drug-likeness (QED) is 0.380. The fourth-order valence-corrected chi connectivity index (χ4v) is 6.72. The maximum absolute atomic E-state index is 13.8. The first-order valence-corrected chi connectivity index (χ1v) is 13.8. The smallest absolute Gasteiger partial charge is 0.254 e. The number of hydrogen-bond donors (Lipinski definition) is 0. The zero-order valence-corrected chi connectivity index (χ0v) is 21.1. The Morgan fingerprint density at radius 3 is 2.47 bits per heavy atom. The standard InChI is InChI=1S/C30H36N2OS/c1-23-10-8-9-15-28(23)29-21-31(18-24-16-17-34-22-24)19-26(29)20-32(27-13-6-3-7-14-27)30(33)25-11-4-2-5-12-25/h2,4-5,8-12,15-17,22,26-27,29H,3,6-7,13-14,18-21H2,1H3/t26-,29+/m1/s1. The van der Waals surface area contributed by atoms with Crippen LogP contribution in [-0.2, 0) is 6.54 Å². The summed E-state index contributed by atoms with van der Waals surface area (Å²) in [7, 11) is 0. The second-order valence-corrected chi connectivity index (χ2v) is 10.9. The second-order valence-electron chi connectivity index (χ2n) is 10.2. The molecule has 1 aromatic heterocycles. The summed E-state index contributed by atoms with van der Waals surface area (Å²) in [6, 6.07) is 21.4. The average molecular weight is 473 g/mol. The lowest BCUT2D eigenvalue weighted by Crippen LogP contribution is -2.45. The van der Waals surface area contributed by atoms with Crippen LogP contribution in [0.25, 0.3) is 0 Å². The molecule has 2 fully saturated rings. The SMILES string of the molecule is Cc1ccccc1[C@H]1CN(Cc2ccsc2)C[C@@H]1CN(C(=O)c1ccccc1)C1CCCCC1. The molecule has 1 aliphatic carbocycles. The van der Waals surface area contributed by atoms with Crippen LogP contribution in [0.15, 0.2) is 71.4 Å². The third-order valence-electron chi connectivity index (χ3n) is 7.82. The minimum atomic E-state index is 0.215. The van der Waals surface area contributed by atoms with E-state index in [2.05, 4.69) is 57.8 Å². The molecule has 1 aliphatic heterocycles. The van der Waals surface area contributed by atoms with Crippen molar-refractivity contribution in [1.29, 1.82) is 0 Å². The average Bonchev–Trinajstić information content (AvgIpc) is 3.53. The monoisotopic (exact) mass is 472 g/mol. The molecular formula is C30H36N2OS. The van der Waals surface area contributed by atoms with Gasteiger partial charge in [-0.15, -0.1) is 0 Å². The number of aryl methyl sites for hydroxylation is 1. The van der Waals surface area contributed by atoms with Gasteiger partial charge in [-0.05, 0) is 71.3 Å². The number of amides is 1. The van der Waals surface area contributed by atoms with Crippen molar-refractivity contribution in [1.82, 2.24) is 9.80 Å². The van der Waals surface area contributed by atoms with Crippen LogP contribution in [0, 0.1) is 12.8 Å². The molecule has 178 valence electrons. The van der Waals surface area contributed by atoms with Crippen LogP contribution in [0.4, 0.5) is 0 Å². The second kappa shape index (κ2) is 10.9. The number of carbonyl (C=O) groups is 1. The minimum absolute atomic E-state index is 0.215. The molecule has 2 aromatic carbocycles. The summed E-state index contributed by atoms with van der Waals surface area (Å²) in [5, 5.41) is 4.44. The van der Waals surface area contributed by atoms with Gasteiger partial charge in [0.05, 0.1) is 0 Å². The zero-order chi connectivity index (χ0) is 23.3. The van der Waals surface area contributed by atoms with Crippen molar-refractivity contribution >= 4 is 17.2 Å². The number of carbonyl (C=O) groups excluding carboxylic acids is 1. The van der Waals surface area contributed by atoms with Gasteiger partial charge >= 0.3 is 0 Å². The lowest BCUT2D eigenvalue weighted by Gasteiger charge is -2.37. The van der Waals surface area contributed by atoms with Crippen molar-refractivity contribution in [2.75, 3.05) is 19.6 Å². The highest BCUT2D eigenvalue weighted by Gasteiger charge is 2.38. The third kappa shape index (κ3) is 5.29. The van der Waals surface area contributed by atoms with Crippen LogP contribution in [0.2, 0.25) is 0 Å². The Labute approximate surface area is 208 Å². The van der Waals surface area contributed by atoms with E-state index in [1.807, 2.05) is 30.3 Å². The Hall–Kier alpha value is -2.43. The van der Waals surface area contributed by atoms with Gasteiger partial charge in [-0.3, -0.25) is 9.69 Å². The largest absolute Gasteiger partial charge is 0.335 e. The maximum atomic E-state index is 13.8.